The first-order valence-electron chi connectivity index (χ1n) is 3.92. The molecule has 0 radical (unpaired) electrons. The maximum atomic E-state index is 11.2. The lowest BCUT2D eigenvalue weighted by molar-refractivity contribution is 0.0937. The smallest absolute Gasteiger partial charge is 0.321 e. The van der Waals surface area contributed by atoms with Crippen molar-refractivity contribution in [2.45, 2.75) is 0 Å². The van der Waals surface area contributed by atoms with E-state index in [1.807, 2.05) is 0 Å². The summed E-state index contributed by atoms with van der Waals surface area (Å²) in [6.45, 7) is 3.48. The molecular formula is C9H10N2O3. The van der Waals surface area contributed by atoms with Crippen LogP contribution in [0.15, 0.2) is 23.1 Å². The van der Waals surface area contributed by atoms with Gasteiger partial charge < -0.3 is 9.73 Å². The molecule has 1 aromatic rings. The third-order valence-corrected chi connectivity index (χ3v) is 1.51. The van der Waals surface area contributed by atoms with E-state index in [1.165, 1.54) is 19.2 Å². The molecule has 0 atom stereocenters. The number of hydrogen-bond donors (Lipinski definition) is 2. The SMILES string of the molecule is C=Cc1ccc(C(=O)NC(=O)NC)o1. The molecule has 5 heteroatoms. The van der Waals surface area contributed by atoms with Gasteiger partial charge in [0.2, 0.25) is 0 Å². The van der Waals surface area contributed by atoms with Crippen molar-refractivity contribution in [2.75, 3.05) is 7.05 Å². The highest BCUT2D eigenvalue weighted by atomic mass is 16.3. The average molecular weight is 194 g/mol. The quantitative estimate of drug-likeness (QED) is 0.737. The van der Waals surface area contributed by atoms with Crippen LogP contribution >= 0.6 is 0 Å². The fraction of sp³-hybridized carbons (Fsp3) is 0.111. The van der Waals surface area contributed by atoms with Gasteiger partial charge in [-0.15, -0.1) is 0 Å². The van der Waals surface area contributed by atoms with Gasteiger partial charge in [0.05, 0.1) is 0 Å². The van der Waals surface area contributed by atoms with Gasteiger partial charge in [-0.25, -0.2) is 4.79 Å². The lowest BCUT2D eigenvalue weighted by atomic mass is 10.4. The first-order valence-corrected chi connectivity index (χ1v) is 3.92. The predicted molar refractivity (Wildman–Crippen MR) is 50.7 cm³/mol. The molecule has 0 aliphatic carbocycles. The number of urea groups is 1. The zero-order valence-corrected chi connectivity index (χ0v) is 7.66. The Labute approximate surface area is 80.8 Å². The van der Waals surface area contributed by atoms with Crippen molar-refractivity contribution in [3.8, 4) is 0 Å². The van der Waals surface area contributed by atoms with Gasteiger partial charge in [0.15, 0.2) is 5.76 Å². The van der Waals surface area contributed by atoms with Crippen molar-refractivity contribution in [2.24, 2.45) is 0 Å². The molecule has 0 unspecified atom stereocenters. The molecule has 0 saturated heterocycles. The summed E-state index contributed by atoms with van der Waals surface area (Å²) in [4.78, 5) is 22.0. The number of carbonyl (C=O) groups is 2. The molecule has 1 heterocycles. The number of imide groups is 1. The summed E-state index contributed by atoms with van der Waals surface area (Å²) in [5.74, 6) is -0.0343. The highest BCUT2D eigenvalue weighted by Crippen LogP contribution is 2.08. The lowest BCUT2D eigenvalue weighted by Gasteiger charge is -1.99. The first-order chi connectivity index (χ1) is 6.67. The van der Waals surface area contributed by atoms with Crippen LogP contribution in [0.1, 0.15) is 16.3 Å². The second kappa shape index (κ2) is 4.27. The van der Waals surface area contributed by atoms with Crippen molar-refractivity contribution in [3.05, 3.63) is 30.2 Å². The fourth-order valence-corrected chi connectivity index (χ4v) is 0.812. The van der Waals surface area contributed by atoms with Crippen LogP contribution in [0, 0.1) is 0 Å². The Hall–Kier alpha value is -2.04. The number of hydrogen-bond acceptors (Lipinski definition) is 3. The lowest BCUT2D eigenvalue weighted by Crippen LogP contribution is -2.37. The zero-order chi connectivity index (χ0) is 10.6. The number of nitrogens with one attached hydrogen (secondary N) is 2. The topological polar surface area (TPSA) is 71.3 Å². The Kier molecular flexibility index (Phi) is 3.06. The molecule has 0 aliphatic rings. The number of rotatable bonds is 2. The maximum Gasteiger partial charge on any atom is 0.321 e. The predicted octanol–water partition coefficient (Wildman–Crippen LogP) is 0.992. The van der Waals surface area contributed by atoms with Crippen molar-refractivity contribution >= 4 is 18.0 Å². The molecule has 74 valence electrons. The van der Waals surface area contributed by atoms with E-state index in [0.717, 1.165) is 0 Å². The minimum Gasteiger partial charge on any atom is -0.452 e. The zero-order valence-electron chi connectivity index (χ0n) is 7.66. The Morgan fingerprint density at radius 3 is 2.71 bits per heavy atom. The van der Waals surface area contributed by atoms with Gasteiger partial charge in [-0.3, -0.25) is 10.1 Å². The molecule has 1 aromatic heterocycles. The van der Waals surface area contributed by atoms with Crippen molar-refractivity contribution < 1.29 is 14.0 Å². The van der Waals surface area contributed by atoms with Crippen LogP contribution in [0.3, 0.4) is 0 Å². The van der Waals surface area contributed by atoms with Crippen LogP contribution in [0.2, 0.25) is 0 Å². The molecule has 2 N–H and O–H groups in total. The Morgan fingerprint density at radius 1 is 1.50 bits per heavy atom. The molecule has 0 spiro atoms. The van der Waals surface area contributed by atoms with E-state index in [0.29, 0.717) is 5.76 Å². The van der Waals surface area contributed by atoms with E-state index in [9.17, 15) is 9.59 Å². The molecule has 1 rings (SSSR count). The van der Waals surface area contributed by atoms with Crippen LogP contribution in [0.5, 0.6) is 0 Å². The molecule has 0 aliphatic heterocycles. The molecule has 14 heavy (non-hydrogen) atoms. The molecule has 0 saturated carbocycles. The third-order valence-electron chi connectivity index (χ3n) is 1.51. The van der Waals surface area contributed by atoms with Crippen molar-refractivity contribution in [1.82, 2.24) is 10.6 Å². The summed E-state index contributed by atoms with van der Waals surface area (Å²) in [7, 11) is 1.42. The minimum atomic E-state index is -0.586. The summed E-state index contributed by atoms with van der Waals surface area (Å²) >= 11 is 0. The third kappa shape index (κ3) is 2.22. The van der Waals surface area contributed by atoms with E-state index >= 15 is 0 Å². The largest absolute Gasteiger partial charge is 0.452 e. The monoisotopic (exact) mass is 194 g/mol. The van der Waals surface area contributed by atoms with E-state index < -0.39 is 11.9 Å². The minimum absolute atomic E-state index is 0.0727. The number of carbonyl (C=O) groups excluding carboxylic acids is 2. The van der Waals surface area contributed by atoms with Gasteiger partial charge in [0.1, 0.15) is 5.76 Å². The Balaban J connectivity index is 2.69. The van der Waals surface area contributed by atoms with Crippen LogP contribution in [0.4, 0.5) is 4.79 Å². The fourth-order valence-electron chi connectivity index (χ4n) is 0.812. The number of amides is 3. The van der Waals surface area contributed by atoms with Gasteiger partial charge >= 0.3 is 6.03 Å². The van der Waals surface area contributed by atoms with Crippen LogP contribution in [0.25, 0.3) is 6.08 Å². The molecule has 3 amide bonds. The molecule has 0 aromatic carbocycles. The van der Waals surface area contributed by atoms with Crippen LogP contribution in [-0.4, -0.2) is 19.0 Å². The summed E-state index contributed by atoms with van der Waals surface area (Å²) in [5.41, 5.74) is 0. The summed E-state index contributed by atoms with van der Waals surface area (Å²) in [5, 5.41) is 4.32. The number of furan rings is 1. The second-order valence-electron chi connectivity index (χ2n) is 2.44. The second-order valence-corrected chi connectivity index (χ2v) is 2.44. The highest BCUT2D eigenvalue weighted by molar-refractivity contribution is 6.02. The highest BCUT2D eigenvalue weighted by Gasteiger charge is 2.12. The Morgan fingerprint density at radius 2 is 2.21 bits per heavy atom. The molecular weight excluding hydrogens is 184 g/mol. The first kappa shape index (κ1) is 10.0. The van der Waals surface area contributed by atoms with Crippen molar-refractivity contribution in [3.63, 3.8) is 0 Å². The van der Waals surface area contributed by atoms with Gasteiger partial charge in [-0.2, -0.15) is 0 Å². The van der Waals surface area contributed by atoms with Crippen molar-refractivity contribution in [1.29, 1.82) is 0 Å². The Bertz CT molecular complexity index is 368. The standard InChI is InChI=1S/C9H10N2O3/c1-3-6-4-5-7(14-6)8(12)11-9(13)10-2/h3-5H,1H2,2H3,(H2,10,11,12,13). The maximum absolute atomic E-state index is 11.2. The molecule has 0 bridgehead atoms. The van der Waals surface area contributed by atoms with E-state index in [2.05, 4.69) is 17.2 Å². The summed E-state index contributed by atoms with van der Waals surface area (Å²) < 4.78 is 5.03. The van der Waals surface area contributed by atoms with Gasteiger partial charge in [-0.1, -0.05) is 6.58 Å². The average Bonchev–Trinajstić information content (AvgIpc) is 2.65. The van der Waals surface area contributed by atoms with Crippen LogP contribution in [-0.2, 0) is 0 Å². The van der Waals surface area contributed by atoms with Crippen LogP contribution < -0.4 is 10.6 Å². The summed E-state index contributed by atoms with van der Waals surface area (Å²) in [6.07, 6.45) is 1.47. The van der Waals surface area contributed by atoms with E-state index in [1.54, 1.807) is 6.07 Å². The molecule has 0 fully saturated rings. The molecule has 5 nitrogen and oxygen atoms in total. The normalized spacial score (nSPS) is 9.21. The van der Waals surface area contributed by atoms with Gasteiger partial charge in [0, 0.05) is 7.05 Å². The van der Waals surface area contributed by atoms with E-state index in [4.69, 9.17) is 4.42 Å². The van der Waals surface area contributed by atoms with E-state index in [-0.39, 0.29) is 5.76 Å². The summed E-state index contributed by atoms with van der Waals surface area (Å²) in [6, 6.07) is 2.48. The van der Waals surface area contributed by atoms with Gasteiger partial charge in [0.25, 0.3) is 5.91 Å². The van der Waals surface area contributed by atoms with Gasteiger partial charge in [-0.05, 0) is 18.2 Å².